The number of hydrogen-bond acceptors (Lipinski definition) is 2. The molecule has 0 saturated heterocycles. The molecule has 31 heavy (non-hydrogen) atoms. The molecule has 0 aromatic rings. The maximum absolute atomic E-state index is 12.5. The van der Waals surface area contributed by atoms with Gasteiger partial charge in [0.1, 0.15) is 0 Å². The van der Waals surface area contributed by atoms with E-state index in [9.17, 15) is 4.79 Å². The normalized spacial score (nSPS) is 42.8. The average Bonchev–Trinajstić information content (AvgIpc) is 3.10. The summed E-state index contributed by atoms with van der Waals surface area (Å²) in [5.74, 6) is 4.76. The first kappa shape index (κ1) is 29.4. The van der Waals surface area contributed by atoms with Gasteiger partial charge in [-0.05, 0) is 111 Å². The van der Waals surface area contributed by atoms with Gasteiger partial charge in [-0.1, -0.05) is 20.4 Å². The molecule has 0 aliphatic heterocycles. The summed E-state index contributed by atoms with van der Waals surface area (Å²) < 4.78 is 5.77. The molecule has 4 saturated carbocycles. The fourth-order valence-corrected chi connectivity index (χ4v) is 8.39. The minimum atomic E-state index is 0. The number of halogens is 1. The van der Waals surface area contributed by atoms with Crippen molar-refractivity contribution in [1.29, 1.82) is 0 Å². The number of ketones is 1. The van der Waals surface area contributed by atoms with Crippen molar-refractivity contribution < 1.29 is 26.5 Å². The molecule has 0 bridgehead atoms. The van der Waals surface area contributed by atoms with Crippen molar-refractivity contribution in [3.05, 3.63) is 25.8 Å². The Morgan fingerprint density at radius 1 is 1.03 bits per heavy atom. The van der Waals surface area contributed by atoms with E-state index in [0.717, 1.165) is 49.2 Å². The van der Waals surface area contributed by atoms with E-state index in [1.807, 2.05) is 0 Å². The summed E-state index contributed by atoms with van der Waals surface area (Å²) in [5.41, 5.74) is 0.773. The standard InChI is InChI=1S/C25H40O2.C2H3.BrH.Mg/c1-5-23(26)22-10-9-20-19-8-7-18-15-17(16-27-6-2)11-13-24(18,3)21(19)12-14-25(20,22)4;1-2;;/h5,17-22H,1,6-16H2,2-4H3;1H,2H2;1H;/q;-1;;+2/p-1. The molecular weight excluding hydrogens is 461 g/mol. The molecule has 0 aromatic heterocycles. The van der Waals surface area contributed by atoms with Gasteiger partial charge in [0, 0.05) is 19.1 Å². The molecule has 4 fully saturated rings. The Kier molecular flexibility index (Phi) is 11.5. The molecule has 2 nitrogen and oxygen atoms in total. The van der Waals surface area contributed by atoms with Crippen LogP contribution in [0.3, 0.4) is 0 Å². The molecule has 0 radical (unpaired) electrons. The van der Waals surface area contributed by atoms with Gasteiger partial charge in [0.15, 0.2) is 5.78 Å². The van der Waals surface area contributed by atoms with Gasteiger partial charge in [-0.25, -0.2) is 0 Å². The van der Waals surface area contributed by atoms with Crippen LogP contribution in [0.4, 0.5) is 0 Å². The summed E-state index contributed by atoms with van der Waals surface area (Å²) in [7, 11) is 0. The molecule has 4 heteroatoms. The van der Waals surface area contributed by atoms with Crippen molar-refractivity contribution in [2.24, 2.45) is 46.3 Å². The number of allylic oxidation sites excluding steroid dienone is 1. The fraction of sp³-hybridized carbons (Fsp3) is 0.815. The number of ether oxygens (including phenoxy) is 1. The molecule has 8 unspecified atom stereocenters. The molecule has 4 aliphatic rings. The number of hydrogen-bond donors (Lipinski definition) is 0. The van der Waals surface area contributed by atoms with Crippen molar-refractivity contribution in [2.45, 2.75) is 78.6 Å². The van der Waals surface area contributed by atoms with Crippen molar-refractivity contribution in [3.8, 4) is 0 Å². The topological polar surface area (TPSA) is 26.3 Å². The predicted molar refractivity (Wildman–Crippen MR) is 126 cm³/mol. The third-order valence-electron chi connectivity index (χ3n) is 9.88. The number of rotatable bonds is 5. The second-order valence-corrected chi connectivity index (χ2v) is 10.7. The molecule has 8 atom stereocenters. The Morgan fingerprint density at radius 3 is 2.32 bits per heavy atom. The minimum absolute atomic E-state index is 0. The predicted octanol–water partition coefficient (Wildman–Crippen LogP) is 3.28. The summed E-state index contributed by atoms with van der Waals surface area (Å²) >= 11 is 0. The molecule has 0 N–H and O–H groups in total. The van der Waals surface area contributed by atoms with Crippen LogP contribution in [0.2, 0.25) is 0 Å². The van der Waals surface area contributed by atoms with E-state index in [4.69, 9.17) is 4.74 Å². The monoisotopic (exact) mass is 502 g/mol. The zero-order chi connectivity index (χ0) is 21.2. The van der Waals surface area contributed by atoms with Crippen LogP contribution in [0.15, 0.2) is 19.2 Å². The molecule has 0 heterocycles. The number of fused-ring (bicyclic) bond motifs is 5. The van der Waals surface area contributed by atoms with E-state index in [-0.39, 0.29) is 51.4 Å². The first-order chi connectivity index (χ1) is 13.9. The van der Waals surface area contributed by atoms with Gasteiger partial charge in [0.05, 0.1) is 0 Å². The summed E-state index contributed by atoms with van der Waals surface area (Å²) in [6.45, 7) is 19.8. The van der Waals surface area contributed by atoms with E-state index < -0.39 is 0 Å². The van der Waals surface area contributed by atoms with Crippen molar-refractivity contribution in [1.82, 2.24) is 0 Å². The zero-order valence-electron chi connectivity index (χ0n) is 20.2. The molecule has 0 spiro atoms. The molecule has 0 amide bonds. The second kappa shape index (κ2) is 12.2. The Morgan fingerprint density at radius 2 is 1.68 bits per heavy atom. The maximum atomic E-state index is 12.5. The van der Waals surface area contributed by atoms with Gasteiger partial charge in [0.25, 0.3) is 0 Å². The second-order valence-electron chi connectivity index (χ2n) is 10.7. The van der Waals surface area contributed by atoms with E-state index in [1.165, 1.54) is 51.4 Å². The Balaban J connectivity index is 0.00000117. The molecule has 4 rings (SSSR count). The van der Waals surface area contributed by atoms with Gasteiger partial charge in [-0.2, -0.15) is 0 Å². The minimum Gasteiger partial charge on any atom is -1.00 e. The third kappa shape index (κ3) is 5.22. The van der Waals surface area contributed by atoms with E-state index in [2.05, 4.69) is 40.5 Å². The average molecular weight is 504 g/mol. The molecule has 4 aliphatic carbocycles. The molecular formula is C27H43BrMgO2. The number of carbonyl (C=O) groups is 1. The van der Waals surface area contributed by atoms with Gasteiger partial charge in [-0.15, -0.1) is 0 Å². The smallest absolute Gasteiger partial charge is 1.00 e. The summed E-state index contributed by atoms with van der Waals surface area (Å²) in [5, 5.41) is 0. The third-order valence-corrected chi connectivity index (χ3v) is 9.88. The van der Waals surface area contributed by atoms with Crippen molar-refractivity contribution >= 4 is 28.8 Å². The Bertz CT molecular complexity index is 610. The van der Waals surface area contributed by atoms with Crippen LogP contribution in [-0.2, 0) is 9.53 Å². The molecule has 172 valence electrons. The van der Waals surface area contributed by atoms with Crippen LogP contribution < -0.4 is 17.0 Å². The molecule has 0 aromatic carbocycles. The van der Waals surface area contributed by atoms with E-state index >= 15 is 0 Å². The van der Waals surface area contributed by atoms with Gasteiger partial charge in [-0.3, -0.25) is 11.4 Å². The van der Waals surface area contributed by atoms with E-state index in [0.29, 0.717) is 11.2 Å². The van der Waals surface area contributed by atoms with Gasteiger partial charge < -0.3 is 28.3 Å². The first-order valence-electron chi connectivity index (χ1n) is 12.1. The van der Waals surface area contributed by atoms with Crippen LogP contribution >= 0.6 is 0 Å². The van der Waals surface area contributed by atoms with Crippen LogP contribution in [0.1, 0.15) is 78.6 Å². The van der Waals surface area contributed by atoms with Crippen molar-refractivity contribution in [3.63, 3.8) is 0 Å². The van der Waals surface area contributed by atoms with E-state index in [1.54, 1.807) is 6.08 Å². The van der Waals surface area contributed by atoms with Crippen LogP contribution in [0.25, 0.3) is 0 Å². The largest absolute Gasteiger partial charge is 2.00 e. The van der Waals surface area contributed by atoms with Gasteiger partial charge >= 0.3 is 23.1 Å². The van der Waals surface area contributed by atoms with Crippen molar-refractivity contribution in [2.75, 3.05) is 13.2 Å². The fourth-order valence-electron chi connectivity index (χ4n) is 8.39. The maximum Gasteiger partial charge on any atom is 2.00 e. The number of carbonyl (C=O) groups excluding carboxylic acids is 1. The van der Waals surface area contributed by atoms with Crippen LogP contribution in [-0.4, -0.2) is 42.0 Å². The zero-order valence-corrected chi connectivity index (χ0v) is 23.2. The Hall–Kier alpha value is 0.356. The summed E-state index contributed by atoms with van der Waals surface area (Å²) in [6, 6.07) is 0. The summed E-state index contributed by atoms with van der Waals surface area (Å²) in [6.07, 6.45) is 13.5. The quantitative estimate of drug-likeness (QED) is 0.327. The Labute approximate surface area is 218 Å². The van der Waals surface area contributed by atoms with Crippen LogP contribution in [0.5, 0.6) is 0 Å². The SMILES string of the molecule is C=CC(=O)C1CCC2C3CCC4CC(COCC)CCC4(C)C3CCC12C.[Br-].[CH-]=C.[Mg+2]. The first-order valence-corrected chi connectivity index (χ1v) is 12.1. The van der Waals surface area contributed by atoms with Gasteiger partial charge in [0.2, 0.25) is 0 Å². The summed E-state index contributed by atoms with van der Waals surface area (Å²) in [4.78, 5) is 12.5. The van der Waals surface area contributed by atoms with Crippen LogP contribution in [0, 0.1) is 52.9 Å².